The van der Waals surface area contributed by atoms with E-state index in [1.807, 2.05) is 24.3 Å². The van der Waals surface area contributed by atoms with E-state index in [-0.39, 0.29) is 17.9 Å². The Morgan fingerprint density at radius 3 is 2.80 bits per heavy atom. The molecule has 0 aromatic heterocycles. The van der Waals surface area contributed by atoms with Gasteiger partial charge in [0, 0.05) is 30.3 Å². The summed E-state index contributed by atoms with van der Waals surface area (Å²) >= 11 is 0. The molecule has 2 atom stereocenters. The maximum Gasteiger partial charge on any atom is 0.127 e. The van der Waals surface area contributed by atoms with Gasteiger partial charge in [-0.3, -0.25) is 0 Å². The average molecular weight is 344 g/mol. The summed E-state index contributed by atoms with van der Waals surface area (Å²) in [6.07, 6.45) is 2.15. The number of ether oxygens (including phenoxy) is 2. The average Bonchev–Trinajstić information content (AvgIpc) is 2.66. The van der Waals surface area contributed by atoms with Crippen LogP contribution in [0, 0.1) is 5.82 Å². The summed E-state index contributed by atoms with van der Waals surface area (Å²) in [5, 5.41) is 7.13. The van der Waals surface area contributed by atoms with Crippen LogP contribution in [0.15, 0.2) is 42.5 Å². The van der Waals surface area contributed by atoms with Gasteiger partial charge in [0.15, 0.2) is 0 Å². The Kier molecular flexibility index (Phi) is 5.89. The molecule has 0 saturated carbocycles. The number of benzene rings is 2. The minimum Gasteiger partial charge on any atom is -0.497 e. The molecule has 25 heavy (non-hydrogen) atoms. The molecular formula is C20H25FN2O2. The van der Waals surface area contributed by atoms with Gasteiger partial charge in [-0.1, -0.05) is 18.2 Å². The molecule has 2 aromatic rings. The molecule has 134 valence electrons. The number of rotatable bonds is 6. The number of hydrogen-bond donors (Lipinski definition) is 2. The fourth-order valence-corrected chi connectivity index (χ4v) is 3.40. The largest absolute Gasteiger partial charge is 0.497 e. The van der Waals surface area contributed by atoms with Crippen molar-refractivity contribution in [1.82, 2.24) is 10.6 Å². The van der Waals surface area contributed by atoms with Crippen molar-refractivity contribution in [2.45, 2.75) is 31.5 Å². The standard InChI is InChI=1S/C20H25FN2O2/c1-24-17-9-8-15(19(12-17)25-2)13-23-18-7-4-10-22-20(18)14-5-3-6-16(21)11-14/h3,5-6,8-9,11-12,18,20,22-23H,4,7,10,13H2,1-2H3/t18-,20-/m0/s1. The Morgan fingerprint density at radius 2 is 2.04 bits per heavy atom. The molecule has 0 radical (unpaired) electrons. The maximum absolute atomic E-state index is 13.6. The third kappa shape index (κ3) is 4.30. The maximum atomic E-state index is 13.6. The quantitative estimate of drug-likeness (QED) is 0.843. The van der Waals surface area contributed by atoms with Crippen LogP contribution in [-0.4, -0.2) is 26.8 Å². The predicted molar refractivity (Wildman–Crippen MR) is 96.6 cm³/mol. The smallest absolute Gasteiger partial charge is 0.127 e. The topological polar surface area (TPSA) is 42.5 Å². The Balaban J connectivity index is 1.72. The highest BCUT2D eigenvalue weighted by atomic mass is 19.1. The van der Waals surface area contributed by atoms with Gasteiger partial charge in [-0.2, -0.15) is 0 Å². The van der Waals surface area contributed by atoms with Crippen molar-refractivity contribution in [1.29, 1.82) is 0 Å². The zero-order valence-corrected chi connectivity index (χ0v) is 14.7. The minimum absolute atomic E-state index is 0.105. The normalized spacial score (nSPS) is 20.3. The van der Waals surface area contributed by atoms with Gasteiger partial charge >= 0.3 is 0 Å². The van der Waals surface area contributed by atoms with Crippen LogP contribution in [0.2, 0.25) is 0 Å². The van der Waals surface area contributed by atoms with Crippen LogP contribution in [-0.2, 0) is 6.54 Å². The van der Waals surface area contributed by atoms with E-state index in [2.05, 4.69) is 10.6 Å². The molecule has 1 saturated heterocycles. The summed E-state index contributed by atoms with van der Waals surface area (Å²) in [5.74, 6) is 1.39. The van der Waals surface area contributed by atoms with E-state index in [9.17, 15) is 4.39 Å². The van der Waals surface area contributed by atoms with Crippen LogP contribution in [0.1, 0.15) is 30.0 Å². The number of nitrogens with one attached hydrogen (secondary N) is 2. The van der Waals surface area contributed by atoms with Gasteiger partial charge in [-0.25, -0.2) is 4.39 Å². The molecule has 1 aliphatic heterocycles. The molecule has 0 amide bonds. The highest BCUT2D eigenvalue weighted by Gasteiger charge is 2.26. The molecule has 3 rings (SSSR count). The van der Waals surface area contributed by atoms with Gasteiger partial charge in [0.25, 0.3) is 0 Å². The SMILES string of the molecule is COc1ccc(CN[C@H]2CCCN[C@H]2c2cccc(F)c2)c(OC)c1. The molecule has 0 unspecified atom stereocenters. The van der Waals surface area contributed by atoms with Gasteiger partial charge in [0.05, 0.1) is 14.2 Å². The molecule has 0 bridgehead atoms. The second kappa shape index (κ2) is 8.32. The predicted octanol–water partition coefficient (Wildman–Crippen LogP) is 3.43. The fourth-order valence-electron chi connectivity index (χ4n) is 3.40. The minimum atomic E-state index is -0.194. The van der Waals surface area contributed by atoms with Crippen molar-refractivity contribution in [2.24, 2.45) is 0 Å². The van der Waals surface area contributed by atoms with E-state index < -0.39 is 0 Å². The van der Waals surface area contributed by atoms with E-state index in [0.29, 0.717) is 6.54 Å². The first-order chi connectivity index (χ1) is 12.2. The molecule has 1 fully saturated rings. The van der Waals surface area contributed by atoms with Crippen LogP contribution in [0.25, 0.3) is 0 Å². The lowest BCUT2D eigenvalue weighted by Crippen LogP contribution is -2.45. The second-order valence-electron chi connectivity index (χ2n) is 6.29. The Morgan fingerprint density at radius 1 is 1.16 bits per heavy atom. The molecular weight excluding hydrogens is 319 g/mol. The van der Waals surface area contributed by atoms with Crippen LogP contribution in [0.3, 0.4) is 0 Å². The Bertz CT molecular complexity index is 708. The van der Waals surface area contributed by atoms with Gasteiger partial charge in [-0.15, -0.1) is 0 Å². The number of methoxy groups -OCH3 is 2. The van der Waals surface area contributed by atoms with Crippen LogP contribution in [0.5, 0.6) is 11.5 Å². The van der Waals surface area contributed by atoms with Gasteiger partial charge in [-0.05, 0) is 43.1 Å². The lowest BCUT2D eigenvalue weighted by Gasteiger charge is -2.34. The van der Waals surface area contributed by atoms with Gasteiger partial charge in [0.1, 0.15) is 17.3 Å². The summed E-state index contributed by atoms with van der Waals surface area (Å²) in [5.41, 5.74) is 2.06. The highest BCUT2D eigenvalue weighted by molar-refractivity contribution is 5.40. The van der Waals surface area contributed by atoms with Crippen molar-refractivity contribution in [3.63, 3.8) is 0 Å². The zero-order chi connectivity index (χ0) is 17.6. The molecule has 0 aliphatic carbocycles. The Hall–Kier alpha value is -2.11. The molecule has 2 N–H and O–H groups in total. The summed E-state index contributed by atoms with van der Waals surface area (Å²) in [4.78, 5) is 0. The van der Waals surface area contributed by atoms with Gasteiger partial charge < -0.3 is 20.1 Å². The third-order valence-electron chi connectivity index (χ3n) is 4.72. The summed E-state index contributed by atoms with van der Waals surface area (Å²) < 4.78 is 24.3. The monoisotopic (exact) mass is 344 g/mol. The fraction of sp³-hybridized carbons (Fsp3) is 0.400. The van der Waals surface area contributed by atoms with Crippen molar-refractivity contribution in [3.05, 3.63) is 59.4 Å². The van der Waals surface area contributed by atoms with E-state index in [0.717, 1.165) is 42.0 Å². The molecule has 1 heterocycles. The molecule has 5 heteroatoms. The third-order valence-corrected chi connectivity index (χ3v) is 4.72. The second-order valence-corrected chi connectivity index (χ2v) is 6.29. The van der Waals surface area contributed by atoms with Crippen LogP contribution >= 0.6 is 0 Å². The number of piperidine rings is 1. The number of halogens is 1. The van der Waals surface area contributed by atoms with E-state index in [1.54, 1.807) is 26.4 Å². The lowest BCUT2D eigenvalue weighted by atomic mass is 9.92. The Labute approximate surface area is 148 Å². The first kappa shape index (κ1) is 17.7. The first-order valence-corrected chi connectivity index (χ1v) is 8.64. The van der Waals surface area contributed by atoms with Crippen molar-refractivity contribution < 1.29 is 13.9 Å². The van der Waals surface area contributed by atoms with Crippen molar-refractivity contribution >= 4 is 0 Å². The summed E-state index contributed by atoms with van der Waals surface area (Å²) in [6, 6.07) is 13.0. The molecule has 1 aliphatic rings. The van der Waals surface area contributed by atoms with Crippen molar-refractivity contribution in [2.75, 3.05) is 20.8 Å². The molecule has 4 nitrogen and oxygen atoms in total. The lowest BCUT2D eigenvalue weighted by molar-refractivity contribution is 0.302. The van der Waals surface area contributed by atoms with E-state index in [1.165, 1.54) is 6.07 Å². The van der Waals surface area contributed by atoms with Crippen LogP contribution in [0.4, 0.5) is 4.39 Å². The number of hydrogen-bond acceptors (Lipinski definition) is 4. The molecule has 0 spiro atoms. The highest BCUT2D eigenvalue weighted by Crippen LogP contribution is 2.27. The zero-order valence-electron chi connectivity index (χ0n) is 14.7. The van der Waals surface area contributed by atoms with E-state index >= 15 is 0 Å². The van der Waals surface area contributed by atoms with Crippen LogP contribution < -0.4 is 20.1 Å². The first-order valence-electron chi connectivity index (χ1n) is 8.64. The summed E-state index contributed by atoms with van der Waals surface area (Å²) in [7, 11) is 3.31. The summed E-state index contributed by atoms with van der Waals surface area (Å²) in [6.45, 7) is 1.64. The van der Waals surface area contributed by atoms with Crippen molar-refractivity contribution in [3.8, 4) is 11.5 Å². The van der Waals surface area contributed by atoms with E-state index in [4.69, 9.17) is 9.47 Å². The van der Waals surface area contributed by atoms with Gasteiger partial charge in [0.2, 0.25) is 0 Å². The molecule has 2 aromatic carbocycles.